The number of nitrogen functional groups attached to an aromatic ring is 1. The smallest absolute Gasteiger partial charge is 0.381 e. The number of hydrogen-bond acceptors (Lipinski definition) is 5. The van der Waals surface area contributed by atoms with Crippen molar-refractivity contribution in [2.45, 2.75) is 18.3 Å². The summed E-state index contributed by atoms with van der Waals surface area (Å²) in [7, 11) is 0. The summed E-state index contributed by atoms with van der Waals surface area (Å²) >= 11 is 0. The molecule has 0 spiro atoms. The second-order valence-electron chi connectivity index (χ2n) is 7.73. The maximum Gasteiger partial charge on any atom is 0.416 e. The Morgan fingerprint density at radius 3 is 2.46 bits per heavy atom. The van der Waals surface area contributed by atoms with E-state index in [1.165, 1.54) is 30.3 Å². The van der Waals surface area contributed by atoms with Gasteiger partial charge in [-0.2, -0.15) is 13.2 Å². The molecule has 180 valence electrons. The Balaban J connectivity index is 1.63. The van der Waals surface area contributed by atoms with Crippen LogP contribution < -0.4 is 16.4 Å². The highest BCUT2D eigenvalue weighted by molar-refractivity contribution is 5.98. The van der Waals surface area contributed by atoms with Crippen molar-refractivity contribution in [1.82, 2.24) is 15.3 Å². The van der Waals surface area contributed by atoms with Gasteiger partial charge < -0.3 is 26.5 Å². The van der Waals surface area contributed by atoms with E-state index < -0.39 is 35.7 Å². The van der Waals surface area contributed by atoms with Gasteiger partial charge >= 0.3 is 6.18 Å². The number of nitrogens with zero attached hydrogens (tertiary/aromatic N) is 1. The van der Waals surface area contributed by atoms with Crippen LogP contribution >= 0.6 is 0 Å². The summed E-state index contributed by atoms with van der Waals surface area (Å²) in [5.41, 5.74) is 6.11. The van der Waals surface area contributed by atoms with Crippen molar-refractivity contribution in [3.8, 4) is 0 Å². The van der Waals surface area contributed by atoms with Gasteiger partial charge in [0.25, 0.3) is 11.8 Å². The Kier molecular flexibility index (Phi) is 6.43. The third-order valence-electron chi connectivity index (χ3n) is 5.25. The number of carbonyl (C=O) groups excluding carboxylic acids is 2. The average molecular weight is 483 g/mol. The summed E-state index contributed by atoms with van der Waals surface area (Å²) in [6.07, 6.45) is -6.58. The van der Waals surface area contributed by atoms with Crippen molar-refractivity contribution in [1.29, 1.82) is 0 Å². The van der Waals surface area contributed by atoms with E-state index >= 15 is 0 Å². The summed E-state index contributed by atoms with van der Waals surface area (Å²) in [6, 6.07) is 15.1. The van der Waals surface area contributed by atoms with E-state index in [4.69, 9.17) is 5.73 Å². The number of imidazole rings is 1. The second kappa shape index (κ2) is 9.47. The zero-order chi connectivity index (χ0) is 25.2. The Bertz CT molecular complexity index is 1370. The second-order valence-corrected chi connectivity index (χ2v) is 7.73. The van der Waals surface area contributed by atoms with Gasteiger partial charge in [-0.25, -0.2) is 4.98 Å². The third-order valence-corrected chi connectivity index (χ3v) is 5.25. The molecule has 2 atom stereocenters. The zero-order valence-corrected chi connectivity index (χ0v) is 18.0. The number of aromatic amines is 1. The van der Waals surface area contributed by atoms with Crippen LogP contribution in [-0.2, 0) is 11.0 Å². The van der Waals surface area contributed by atoms with Gasteiger partial charge in [0.05, 0.1) is 22.6 Å². The number of anilines is 2. The van der Waals surface area contributed by atoms with Crippen LogP contribution in [0, 0.1) is 0 Å². The molecule has 4 rings (SSSR count). The molecule has 8 nitrogen and oxygen atoms in total. The molecule has 1 aromatic heterocycles. The van der Waals surface area contributed by atoms with Gasteiger partial charge in [-0.1, -0.05) is 30.3 Å². The molecule has 6 N–H and O–H groups in total. The highest BCUT2D eigenvalue weighted by Crippen LogP contribution is 2.31. The standard InChI is InChI=1S/C24H20F3N5O3/c25-24(26,27)15-8-4-7-14(11-15)19(32-21(34)13-5-2-1-3-6-13)20(33)22(35)29-16-9-10-17-18(12-16)31-23(28)30-17/h1-12,19-20,33H,(H,29,35)(H,32,34)(H3,28,30,31). The fourth-order valence-electron chi connectivity index (χ4n) is 3.54. The lowest BCUT2D eigenvalue weighted by Gasteiger charge is -2.25. The van der Waals surface area contributed by atoms with Gasteiger partial charge in [-0.05, 0) is 48.0 Å². The predicted molar refractivity (Wildman–Crippen MR) is 123 cm³/mol. The van der Waals surface area contributed by atoms with Crippen LogP contribution in [0.3, 0.4) is 0 Å². The number of alkyl halides is 3. The molecule has 0 aliphatic heterocycles. The highest BCUT2D eigenvalue weighted by Gasteiger charge is 2.34. The van der Waals surface area contributed by atoms with Crippen LogP contribution in [0.1, 0.15) is 27.5 Å². The molecule has 4 aromatic rings. The number of H-pyrrole nitrogens is 1. The summed E-state index contributed by atoms with van der Waals surface area (Å²) in [5, 5.41) is 15.8. The van der Waals surface area contributed by atoms with Crippen LogP contribution in [0.25, 0.3) is 11.0 Å². The van der Waals surface area contributed by atoms with E-state index in [1.807, 2.05) is 0 Å². The predicted octanol–water partition coefficient (Wildman–Crippen LogP) is 3.63. The van der Waals surface area contributed by atoms with Gasteiger partial charge in [0, 0.05) is 11.3 Å². The molecule has 11 heteroatoms. The maximum absolute atomic E-state index is 13.3. The number of carbonyl (C=O) groups is 2. The van der Waals surface area contributed by atoms with Crippen molar-refractivity contribution >= 4 is 34.5 Å². The Morgan fingerprint density at radius 1 is 1.00 bits per heavy atom. The van der Waals surface area contributed by atoms with Crippen LogP contribution in [0.2, 0.25) is 0 Å². The van der Waals surface area contributed by atoms with Gasteiger partial charge in [-0.3, -0.25) is 9.59 Å². The Hall–Kier alpha value is -4.38. The molecule has 2 amide bonds. The molecule has 0 fully saturated rings. The minimum absolute atomic E-state index is 0.0939. The SMILES string of the molecule is Nc1nc2ccc(NC(=O)C(O)C(NC(=O)c3ccccc3)c3cccc(C(F)(F)F)c3)cc2[nH]1. The zero-order valence-electron chi connectivity index (χ0n) is 18.0. The van der Waals surface area contributed by atoms with E-state index in [-0.39, 0.29) is 22.8 Å². The largest absolute Gasteiger partial charge is 0.416 e. The van der Waals surface area contributed by atoms with Crippen molar-refractivity contribution < 1.29 is 27.9 Å². The monoisotopic (exact) mass is 483 g/mol. The van der Waals surface area contributed by atoms with Crippen molar-refractivity contribution in [2.24, 2.45) is 0 Å². The number of hydrogen-bond donors (Lipinski definition) is 5. The van der Waals surface area contributed by atoms with Gasteiger partial charge in [0.15, 0.2) is 12.1 Å². The molecule has 0 aliphatic carbocycles. The quantitative estimate of drug-likeness (QED) is 0.286. The third kappa shape index (κ3) is 5.41. The van der Waals surface area contributed by atoms with Gasteiger partial charge in [-0.15, -0.1) is 0 Å². The number of rotatable bonds is 6. The number of amides is 2. The number of aromatic nitrogens is 2. The fourth-order valence-corrected chi connectivity index (χ4v) is 3.54. The summed E-state index contributed by atoms with van der Waals surface area (Å²) in [4.78, 5) is 32.5. The lowest BCUT2D eigenvalue weighted by molar-refractivity contribution is -0.137. The van der Waals surface area contributed by atoms with Crippen molar-refractivity contribution in [2.75, 3.05) is 11.1 Å². The normalized spacial score (nSPS) is 13.3. The van der Waals surface area contributed by atoms with E-state index in [2.05, 4.69) is 20.6 Å². The van der Waals surface area contributed by atoms with Crippen LogP contribution in [0.15, 0.2) is 72.8 Å². The number of nitrogens with two attached hydrogens (primary N) is 1. The molecule has 3 aromatic carbocycles. The first-order valence-electron chi connectivity index (χ1n) is 10.4. The van der Waals surface area contributed by atoms with E-state index in [9.17, 15) is 27.9 Å². The number of halogens is 3. The Labute approximate surface area is 197 Å². The molecule has 35 heavy (non-hydrogen) atoms. The summed E-state index contributed by atoms with van der Waals surface area (Å²) in [6.45, 7) is 0. The molecular weight excluding hydrogens is 463 g/mol. The molecule has 0 aliphatic rings. The van der Waals surface area contributed by atoms with Gasteiger partial charge in [0.2, 0.25) is 0 Å². The number of aliphatic hydroxyl groups is 1. The van der Waals surface area contributed by atoms with Gasteiger partial charge in [0.1, 0.15) is 0 Å². The maximum atomic E-state index is 13.3. The first-order valence-corrected chi connectivity index (χ1v) is 10.4. The van der Waals surface area contributed by atoms with E-state index in [0.29, 0.717) is 11.0 Å². The Morgan fingerprint density at radius 2 is 1.74 bits per heavy atom. The van der Waals surface area contributed by atoms with Crippen LogP contribution in [0.4, 0.5) is 24.8 Å². The van der Waals surface area contributed by atoms with Crippen molar-refractivity contribution in [3.05, 3.63) is 89.5 Å². The van der Waals surface area contributed by atoms with E-state index in [1.54, 1.807) is 24.3 Å². The topological polar surface area (TPSA) is 133 Å². The summed E-state index contributed by atoms with van der Waals surface area (Å²) < 4.78 is 39.9. The number of fused-ring (bicyclic) bond motifs is 1. The fraction of sp³-hybridized carbons (Fsp3) is 0.125. The minimum atomic E-state index is -4.65. The number of aliphatic hydroxyl groups excluding tert-OH is 1. The molecule has 0 saturated heterocycles. The molecule has 1 heterocycles. The van der Waals surface area contributed by atoms with E-state index in [0.717, 1.165) is 18.2 Å². The molecule has 2 unspecified atom stereocenters. The first kappa shape index (κ1) is 23.8. The average Bonchev–Trinajstić information content (AvgIpc) is 3.21. The van der Waals surface area contributed by atoms with Crippen molar-refractivity contribution in [3.63, 3.8) is 0 Å². The first-order chi connectivity index (χ1) is 16.6. The summed E-state index contributed by atoms with van der Waals surface area (Å²) in [5.74, 6) is -1.43. The minimum Gasteiger partial charge on any atom is -0.381 e. The molecule has 0 saturated carbocycles. The molecule has 0 radical (unpaired) electrons. The highest BCUT2D eigenvalue weighted by atomic mass is 19.4. The van der Waals surface area contributed by atoms with Crippen LogP contribution in [0.5, 0.6) is 0 Å². The number of nitrogens with one attached hydrogen (secondary N) is 3. The number of benzene rings is 3. The lowest BCUT2D eigenvalue weighted by atomic mass is 9.97. The molecular formula is C24H20F3N5O3. The lowest BCUT2D eigenvalue weighted by Crippen LogP contribution is -2.42. The van der Waals surface area contributed by atoms with Crippen LogP contribution in [-0.4, -0.2) is 33.0 Å². The molecule has 0 bridgehead atoms.